The van der Waals surface area contributed by atoms with Gasteiger partial charge in [-0.2, -0.15) is 11.8 Å². The number of thioether (sulfide) groups is 1. The molecule has 134 valence electrons. The minimum atomic E-state index is 0.631. The summed E-state index contributed by atoms with van der Waals surface area (Å²) >= 11 is 2.23. The molecule has 0 bridgehead atoms. The number of hydrogen-bond donors (Lipinski definition) is 1. The molecule has 2 aromatic rings. The van der Waals surface area contributed by atoms with Gasteiger partial charge in [0.1, 0.15) is 17.8 Å². The van der Waals surface area contributed by atoms with E-state index < -0.39 is 0 Å². The van der Waals surface area contributed by atoms with Crippen molar-refractivity contribution in [2.45, 2.75) is 49.4 Å². The lowest BCUT2D eigenvalue weighted by atomic mass is 9.81. The summed E-state index contributed by atoms with van der Waals surface area (Å²) in [4.78, 5) is 17.1. The second-order valence-corrected chi connectivity index (χ2v) is 9.37. The molecule has 3 aliphatic rings. The summed E-state index contributed by atoms with van der Waals surface area (Å²) in [5.41, 5.74) is 0.935. The molecular formula is C19H27N5S. The van der Waals surface area contributed by atoms with Crippen LogP contribution in [0.25, 0.3) is 11.0 Å². The topological polar surface area (TPSA) is 48.1 Å². The number of aromatic amines is 1. The van der Waals surface area contributed by atoms with E-state index in [0.717, 1.165) is 34.1 Å². The van der Waals surface area contributed by atoms with E-state index in [1.54, 1.807) is 6.33 Å². The van der Waals surface area contributed by atoms with Crippen molar-refractivity contribution in [2.24, 2.45) is 5.92 Å². The average Bonchev–Trinajstić information content (AvgIpc) is 2.96. The van der Waals surface area contributed by atoms with Gasteiger partial charge in [-0.05, 0) is 43.4 Å². The van der Waals surface area contributed by atoms with Crippen LogP contribution >= 0.6 is 11.8 Å². The average molecular weight is 358 g/mol. The molecule has 5 rings (SSSR count). The van der Waals surface area contributed by atoms with Gasteiger partial charge in [0.25, 0.3) is 0 Å². The number of nitrogens with zero attached hydrogens (tertiary/aromatic N) is 4. The third-order valence-corrected chi connectivity index (χ3v) is 7.89. The summed E-state index contributed by atoms with van der Waals surface area (Å²) < 4.78 is 0. The molecule has 0 atom stereocenters. The Morgan fingerprint density at radius 3 is 2.88 bits per heavy atom. The van der Waals surface area contributed by atoms with Crippen LogP contribution in [0.4, 0.5) is 5.82 Å². The molecule has 2 saturated carbocycles. The lowest BCUT2D eigenvalue weighted by molar-refractivity contribution is 0.0733. The Hall–Kier alpha value is -1.27. The zero-order chi connectivity index (χ0) is 16.8. The predicted molar refractivity (Wildman–Crippen MR) is 104 cm³/mol. The smallest absolute Gasteiger partial charge is 0.142 e. The van der Waals surface area contributed by atoms with Crippen LogP contribution in [0.3, 0.4) is 0 Å². The van der Waals surface area contributed by atoms with Gasteiger partial charge in [-0.15, -0.1) is 0 Å². The first-order chi connectivity index (χ1) is 12.3. The Morgan fingerprint density at radius 1 is 1.28 bits per heavy atom. The van der Waals surface area contributed by atoms with Crippen LogP contribution < -0.4 is 4.90 Å². The van der Waals surface area contributed by atoms with Crippen molar-refractivity contribution in [2.75, 3.05) is 30.8 Å². The molecule has 5 nitrogen and oxygen atoms in total. The molecule has 0 unspecified atom stereocenters. The van der Waals surface area contributed by atoms with E-state index in [1.165, 1.54) is 50.9 Å². The molecule has 25 heavy (non-hydrogen) atoms. The fourth-order valence-corrected chi connectivity index (χ4v) is 5.77. The van der Waals surface area contributed by atoms with E-state index in [9.17, 15) is 0 Å². The zero-order valence-electron chi connectivity index (χ0n) is 14.9. The summed E-state index contributed by atoms with van der Waals surface area (Å²) in [6.07, 6.45) is 10.6. The van der Waals surface area contributed by atoms with Crippen LogP contribution in [-0.4, -0.2) is 63.1 Å². The van der Waals surface area contributed by atoms with Crippen molar-refractivity contribution in [1.29, 1.82) is 0 Å². The number of H-pyrrole nitrogens is 1. The molecule has 6 heteroatoms. The van der Waals surface area contributed by atoms with Gasteiger partial charge < -0.3 is 9.88 Å². The fourth-order valence-electron chi connectivity index (χ4n) is 4.36. The number of fused-ring (bicyclic) bond motifs is 1. The standard InChI is InChI=1S/C19H27N5S/c1-23(19-17-5-6-20-18(17)21-12-22-19)15-7-13(8-15)11-25-16-9-24(10-16)14-3-2-4-14/h5-6,12-16H,2-4,7-11H2,1H3,(H,20,21,22)/t13-,15+. The molecule has 3 heterocycles. The SMILES string of the molecule is CN(c1ncnc2[nH]ccc12)[C@H]1C[C@@H](CSC2CN(C3CCC3)C2)C1. The predicted octanol–water partition coefficient (Wildman–Crippen LogP) is 3.14. The van der Waals surface area contributed by atoms with Crippen molar-refractivity contribution >= 4 is 28.6 Å². The van der Waals surface area contributed by atoms with Crippen LogP contribution in [0, 0.1) is 5.92 Å². The van der Waals surface area contributed by atoms with E-state index in [1.807, 2.05) is 6.20 Å². The van der Waals surface area contributed by atoms with E-state index in [0.29, 0.717) is 6.04 Å². The number of hydrogen-bond acceptors (Lipinski definition) is 5. The summed E-state index contributed by atoms with van der Waals surface area (Å²) in [5, 5.41) is 2.03. The van der Waals surface area contributed by atoms with Gasteiger partial charge in [-0.25, -0.2) is 9.97 Å². The van der Waals surface area contributed by atoms with Crippen molar-refractivity contribution in [3.63, 3.8) is 0 Å². The lowest BCUT2D eigenvalue weighted by Crippen LogP contribution is -2.56. The monoisotopic (exact) mass is 357 g/mol. The molecule has 1 aliphatic heterocycles. The van der Waals surface area contributed by atoms with E-state index in [4.69, 9.17) is 0 Å². The van der Waals surface area contributed by atoms with Gasteiger partial charge in [-0.3, -0.25) is 4.90 Å². The van der Waals surface area contributed by atoms with Crippen molar-refractivity contribution in [1.82, 2.24) is 19.9 Å². The largest absolute Gasteiger partial charge is 0.356 e. The van der Waals surface area contributed by atoms with Crippen LogP contribution in [0.1, 0.15) is 32.1 Å². The van der Waals surface area contributed by atoms with Crippen molar-refractivity contribution < 1.29 is 0 Å². The second kappa shape index (κ2) is 6.47. The first kappa shape index (κ1) is 15.9. The van der Waals surface area contributed by atoms with Gasteiger partial charge in [-0.1, -0.05) is 6.42 Å². The van der Waals surface area contributed by atoms with E-state index in [2.05, 4.69) is 49.6 Å². The van der Waals surface area contributed by atoms with Gasteiger partial charge >= 0.3 is 0 Å². The molecular weight excluding hydrogens is 330 g/mol. The quantitative estimate of drug-likeness (QED) is 0.861. The normalized spacial score (nSPS) is 27.7. The molecule has 1 saturated heterocycles. The minimum Gasteiger partial charge on any atom is -0.356 e. The van der Waals surface area contributed by atoms with Crippen molar-refractivity contribution in [3.8, 4) is 0 Å². The molecule has 0 spiro atoms. The number of anilines is 1. The van der Waals surface area contributed by atoms with Gasteiger partial charge in [0.2, 0.25) is 0 Å². The number of nitrogens with one attached hydrogen (secondary N) is 1. The number of rotatable bonds is 6. The minimum absolute atomic E-state index is 0.631. The Balaban J connectivity index is 1.08. The van der Waals surface area contributed by atoms with Crippen LogP contribution in [0.15, 0.2) is 18.6 Å². The highest BCUT2D eigenvalue weighted by Crippen LogP contribution is 2.39. The summed E-state index contributed by atoms with van der Waals surface area (Å²) in [6.45, 7) is 2.69. The highest BCUT2D eigenvalue weighted by atomic mass is 32.2. The highest BCUT2D eigenvalue weighted by molar-refractivity contribution is 8.00. The number of aromatic nitrogens is 3. The molecule has 0 aromatic carbocycles. The highest BCUT2D eigenvalue weighted by Gasteiger charge is 2.37. The molecule has 2 aromatic heterocycles. The molecule has 1 N–H and O–H groups in total. The molecule has 0 amide bonds. The van der Waals surface area contributed by atoms with Crippen molar-refractivity contribution in [3.05, 3.63) is 18.6 Å². The van der Waals surface area contributed by atoms with Gasteiger partial charge in [0.15, 0.2) is 0 Å². The van der Waals surface area contributed by atoms with E-state index >= 15 is 0 Å². The van der Waals surface area contributed by atoms with Gasteiger partial charge in [0.05, 0.1) is 5.39 Å². The maximum absolute atomic E-state index is 4.53. The van der Waals surface area contributed by atoms with Crippen LogP contribution in [0.5, 0.6) is 0 Å². The Kier molecular flexibility index (Phi) is 4.13. The Morgan fingerprint density at radius 2 is 2.12 bits per heavy atom. The summed E-state index contributed by atoms with van der Waals surface area (Å²) in [6, 6.07) is 3.65. The zero-order valence-corrected chi connectivity index (χ0v) is 15.7. The number of likely N-dealkylation sites (tertiary alicyclic amines) is 1. The third-order valence-electron chi connectivity index (χ3n) is 6.46. The van der Waals surface area contributed by atoms with Gasteiger partial charge in [0, 0.05) is 43.7 Å². The lowest BCUT2D eigenvalue weighted by Gasteiger charge is -2.48. The fraction of sp³-hybridized carbons (Fsp3) is 0.684. The Bertz CT molecular complexity index is 730. The molecule has 2 aliphatic carbocycles. The Labute approximate surface area is 153 Å². The first-order valence-corrected chi connectivity index (χ1v) is 10.7. The third kappa shape index (κ3) is 2.93. The second-order valence-electron chi connectivity index (χ2n) is 8.03. The van der Waals surface area contributed by atoms with Crippen LogP contribution in [-0.2, 0) is 0 Å². The summed E-state index contributed by atoms with van der Waals surface area (Å²) in [5.74, 6) is 3.30. The maximum Gasteiger partial charge on any atom is 0.142 e. The maximum atomic E-state index is 4.53. The summed E-state index contributed by atoms with van der Waals surface area (Å²) in [7, 11) is 2.19. The molecule has 3 fully saturated rings. The van der Waals surface area contributed by atoms with Crippen LogP contribution in [0.2, 0.25) is 0 Å². The first-order valence-electron chi connectivity index (χ1n) is 9.64. The van der Waals surface area contributed by atoms with E-state index in [-0.39, 0.29) is 0 Å². The molecule has 0 radical (unpaired) electrons.